The van der Waals surface area contributed by atoms with Gasteiger partial charge in [0.15, 0.2) is 0 Å². The normalized spacial score (nSPS) is 9.94. The van der Waals surface area contributed by atoms with Gasteiger partial charge in [-0.15, -0.1) is 0 Å². The molecule has 0 heterocycles. The van der Waals surface area contributed by atoms with E-state index in [0.717, 1.165) is 0 Å². The summed E-state index contributed by atoms with van der Waals surface area (Å²) in [5.41, 5.74) is 0.739. The Hall–Kier alpha value is -1.75. The summed E-state index contributed by atoms with van der Waals surface area (Å²) in [5.74, 6) is -1.15. The monoisotopic (exact) mass is 270 g/mol. The van der Waals surface area contributed by atoms with Gasteiger partial charge in [0.1, 0.15) is 0 Å². The van der Waals surface area contributed by atoms with Crippen LogP contribution in [0.1, 0.15) is 17.3 Å². The van der Waals surface area contributed by atoms with Crippen molar-refractivity contribution in [3.63, 3.8) is 0 Å². The van der Waals surface area contributed by atoms with Crippen LogP contribution in [0.5, 0.6) is 0 Å². The summed E-state index contributed by atoms with van der Waals surface area (Å²) in [7, 11) is 1.72. The number of nitrogens with one attached hydrogen (secondary N) is 1. The first kappa shape index (κ1) is 14.3. The lowest BCUT2D eigenvalue weighted by Crippen LogP contribution is -2.35. The highest BCUT2D eigenvalue weighted by molar-refractivity contribution is 6.33. The van der Waals surface area contributed by atoms with Gasteiger partial charge < -0.3 is 15.3 Å². The number of carboxylic acids is 1. The van der Waals surface area contributed by atoms with Crippen molar-refractivity contribution in [3.05, 3.63) is 28.8 Å². The van der Waals surface area contributed by atoms with E-state index in [4.69, 9.17) is 16.7 Å². The molecule has 0 unspecified atom stereocenters. The predicted molar refractivity (Wildman–Crippen MR) is 70.4 cm³/mol. The lowest BCUT2D eigenvalue weighted by Gasteiger charge is -2.20. The minimum absolute atomic E-state index is 0.113. The molecule has 0 radical (unpaired) electrons. The van der Waals surface area contributed by atoms with Crippen LogP contribution >= 0.6 is 11.6 Å². The number of halogens is 1. The Labute approximate surface area is 110 Å². The Morgan fingerprint density at radius 1 is 1.44 bits per heavy atom. The number of carbonyl (C=O) groups is 2. The van der Waals surface area contributed by atoms with Gasteiger partial charge in [-0.3, -0.25) is 4.79 Å². The van der Waals surface area contributed by atoms with Crippen LogP contribution in [-0.4, -0.2) is 37.1 Å². The maximum atomic E-state index is 11.4. The second-order valence-electron chi connectivity index (χ2n) is 3.78. The molecule has 1 aromatic rings. The number of hydrogen-bond acceptors (Lipinski definition) is 3. The molecule has 98 valence electrons. The van der Waals surface area contributed by atoms with Crippen molar-refractivity contribution in [2.75, 3.05) is 25.0 Å². The molecular formula is C12H15ClN2O3. The van der Waals surface area contributed by atoms with Crippen molar-refractivity contribution in [2.45, 2.75) is 6.92 Å². The van der Waals surface area contributed by atoms with Gasteiger partial charge in [0.2, 0.25) is 5.91 Å². The molecule has 0 aliphatic rings. The van der Waals surface area contributed by atoms with Gasteiger partial charge in [0.25, 0.3) is 0 Å². The quantitative estimate of drug-likeness (QED) is 0.853. The molecule has 1 rings (SSSR count). The molecule has 18 heavy (non-hydrogen) atoms. The zero-order valence-corrected chi connectivity index (χ0v) is 11.0. The Kier molecular flexibility index (Phi) is 4.97. The number of rotatable bonds is 5. The van der Waals surface area contributed by atoms with E-state index in [0.29, 0.717) is 17.3 Å². The van der Waals surface area contributed by atoms with Crippen molar-refractivity contribution in [1.29, 1.82) is 0 Å². The standard InChI is InChI=1S/C12H15ClN2O3/c1-3-14-11(16)7-15(2)10-5-4-8(12(17)18)6-9(10)13/h4-6H,3,7H2,1-2H3,(H,14,16)(H,17,18). The number of benzene rings is 1. The zero-order valence-electron chi connectivity index (χ0n) is 10.2. The van der Waals surface area contributed by atoms with Gasteiger partial charge in [-0.05, 0) is 25.1 Å². The second-order valence-corrected chi connectivity index (χ2v) is 4.19. The molecule has 0 aromatic heterocycles. The van der Waals surface area contributed by atoms with E-state index >= 15 is 0 Å². The number of carbonyl (C=O) groups excluding carboxylic acids is 1. The number of amides is 1. The van der Waals surface area contributed by atoms with Gasteiger partial charge in [0, 0.05) is 13.6 Å². The average molecular weight is 271 g/mol. The highest BCUT2D eigenvalue weighted by Gasteiger charge is 2.12. The molecule has 1 aromatic carbocycles. The average Bonchev–Trinajstić information content (AvgIpc) is 2.28. The summed E-state index contributed by atoms with van der Waals surface area (Å²) < 4.78 is 0. The Bertz CT molecular complexity index is 463. The van der Waals surface area contributed by atoms with Crippen molar-refractivity contribution >= 4 is 29.2 Å². The maximum absolute atomic E-state index is 11.4. The minimum atomic E-state index is -1.03. The molecule has 0 fully saturated rings. The fourth-order valence-corrected chi connectivity index (χ4v) is 1.83. The van der Waals surface area contributed by atoms with Crippen LogP contribution in [0, 0.1) is 0 Å². The molecule has 6 heteroatoms. The largest absolute Gasteiger partial charge is 0.478 e. The Balaban J connectivity index is 2.83. The summed E-state index contributed by atoms with van der Waals surface area (Å²) >= 11 is 5.99. The van der Waals surface area contributed by atoms with Gasteiger partial charge in [-0.25, -0.2) is 4.79 Å². The number of nitrogens with zero attached hydrogens (tertiary/aromatic N) is 1. The van der Waals surface area contributed by atoms with Crippen LogP contribution in [0.4, 0.5) is 5.69 Å². The molecule has 2 N–H and O–H groups in total. The molecule has 0 saturated carbocycles. The van der Waals surface area contributed by atoms with Gasteiger partial charge in [0.05, 0.1) is 22.8 Å². The number of hydrogen-bond donors (Lipinski definition) is 2. The number of aromatic carboxylic acids is 1. The molecule has 0 saturated heterocycles. The maximum Gasteiger partial charge on any atom is 0.335 e. The van der Waals surface area contributed by atoms with Crippen LogP contribution in [0.3, 0.4) is 0 Å². The molecule has 0 atom stereocenters. The third-order valence-corrected chi connectivity index (χ3v) is 2.66. The fourth-order valence-electron chi connectivity index (χ4n) is 1.50. The summed E-state index contributed by atoms with van der Waals surface area (Å²) in [4.78, 5) is 23.8. The number of anilines is 1. The summed E-state index contributed by atoms with van der Waals surface area (Å²) in [6, 6.07) is 4.41. The number of carboxylic acid groups (broad SMARTS) is 1. The summed E-state index contributed by atoms with van der Waals surface area (Å²) in [5, 5.41) is 11.8. The highest BCUT2D eigenvalue weighted by atomic mass is 35.5. The van der Waals surface area contributed by atoms with E-state index in [1.54, 1.807) is 18.0 Å². The SMILES string of the molecule is CCNC(=O)CN(C)c1ccc(C(=O)O)cc1Cl. The van der Waals surface area contributed by atoms with E-state index in [9.17, 15) is 9.59 Å². The van der Waals surface area contributed by atoms with Crippen LogP contribution < -0.4 is 10.2 Å². The predicted octanol–water partition coefficient (Wildman–Crippen LogP) is 1.61. The van der Waals surface area contributed by atoms with E-state index in [1.165, 1.54) is 12.1 Å². The van der Waals surface area contributed by atoms with E-state index in [1.807, 2.05) is 6.92 Å². The van der Waals surface area contributed by atoms with E-state index < -0.39 is 5.97 Å². The van der Waals surface area contributed by atoms with Crippen LogP contribution in [0.2, 0.25) is 5.02 Å². The fraction of sp³-hybridized carbons (Fsp3) is 0.333. The third-order valence-electron chi connectivity index (χ3n) is 2.36. The molecule has 5 nitrogen and oxygen atoms in total. The molecular weight excluding hydrogens is 256 g/mol. The van der Waals surface area contributed by atoms with Gasteiger partial charge >= 0.3 is 5.97 Å². The third kappa shape index (κ3) is 3.63. The lowest BCUT2D eigenvalue weighted by molar-refractivity contribution is -0.119. The van der Waals surface area contributed by atoms with Crippen LogP contribution in [0.25, 0.3) is 0 Å². The summed E-state index contributed by atoms with van der Waals surface area (Å²) in [6.07, 6.45) is 0. The first-order valence-corrected chi connectivity index (χ1v) is 5.84. The lowest BCUT2D eigenvalue weighted by atomic mass is 10.2. The second kappa shape index (κ2) is 6.26. The van der Waals surface area contributed by atoms with E-state index in [-0.39, 0.29) is 18.0 Å². The smallest absolute Gasteiger partial charge is 0.335 e. The van der Waals surface area contributed by atoms with Crippen molar-refractivity contribution in [2.24, 2.45) is 0 Å². The zero-order chi connectivity index (χ0) is 13.7. The first-order chi connectivity index (χ1) is 8.45. The molecule has 1 amide bonds. The van der Waals surface area contributed by atoms with Gasteiger partial charge in [-0.2, -0.15) is 0 Å². The first-order valence-electron chi connectivity index (χ1n) is 5.46. The molecule has 0 spiro atoms. The molecule has 0 aliphatic carbocycles. The van der Waals surface area contributed by atoms with E-state index in [2.05, 4.69) is 5.32 Å². The van der Waals surface area contributed by atoms with Crippen LogP contribution in [-0.2, 0) is 4.79 Å². The van der Waals surface area contributed by atoms with Crippen molar-refractivity contribution in [3.8, 4) is 0 Å². The topological polar surface area (TPSA) is 69.6 Å². The summed E-state index contributed by atoms with van der Waals surface area (Å²) in [6.45, 7) is 2.57. The Morgan fingerprint density at radius 2 is 2.11 bits per heavy atom. The Morgan fingerprint density at radius 3 is 2.61 bits per heavy atom. The minimum Gasteiger partial charge on any atom is -0.478 e. The number of likely N-dealkylation sites (N-methyl/N-ethyl adjacent to an activating group) is 2. The van der Waals surface area contributed by atoms with Gasteiger partial charge in [-0.1, -0.05) is 11.6 Å². The molecule has 0 bridgehead atoms. The highest BCUT2D eigenvalue weighted by Crippen LogP contribution is 2.25. The van der Waals surface area contributed by atoms with Crippen molar-refractivity contribution < 1.29 is 14.7 Å². The van der Waals surface area contributed by atoms with Crippen molar-refractivity contribution in [1.82, 2.24) is 5.32 Å². The molecule has 0 aliphatic heterocycles. The van der Waals surface area contributed by atoms with Crippen LogP contribution in [0.15, 0.2) is 18.2 Å².